The van der Waals surface area contributed by atoms with Crippen LogP contribution >= 0.6 is 0 Å². The molecule has 0 aromatic heterocycles. The molecule has 2 atom stereocenters. The van der Waals surface area contributed by atoms with Crippen LogP contribution in [0.2, 0.25) is 0 Å². The van der Waals surface area contributed by atoms with Gasteiger partial charge in [-0.3, -0.25) is 9.69 Å². The number of ether oxygens (including phenoxy) is 1. The summed E-state index contributed by atoms with van der Waals surface area (Å²) in [5, 5.41) is 3.16. The zero-order valence-electron chi connectivity index (χ0n) is 16.1. The second-order valence-corrected chi connectivity index (χ2v) is 7.84. The Balaban J connectivity index is 1.33. The average Bonchev–Trinajstić information content (AvgIpc) is 2.74. The highest BCUT2D eigenvalue weighted by Gasteiger charge is 2.29. The van der Waals surface area contributed by atoms with Crippen LogP contribution in [0.4, 0.5) is 4.39 Å². The largest absolute Gasteiger partial charge is 0.493 e. The van der Waals surface area contributed by atoms with Gasteiger partial charge in [0.15, 0.2) is 0 Å². The number of benzene rings is 2. The molecular formula is C23H27FN2O2. The standard InChI is InChI=1S/C23H27FN2O2/c24-20-10-8-17(9-11-20)15-26-12-4-3-6-21(26)23(27)25-14-18-13-19-5-1-2-7-22(19)28-16-18/h1-2,5,7-11,18,21H,3-4,6,12-16H2,(H,25,27). The van der Waals surface area contributed by atoms with Gasteiger partial charge in [0, 0.05) is 19.0 Å². The van der Waals surface area contributed by atoms with Gasteiger partial charge in [0.2, 0.25) is 5.91 Å². The summed E-state index contributed by atoms with van der Waals surface area (Å²) >= 11 is 0. The molecule has 0 radical (unpaired) electrons. The number of para-hydroxylation sites is 1. The molecule has 4 nitrogen and oxygen atoms in total. The Morgan fingerprint density at radius 3 is 2.82 bits per heavy atom. The Morgan fingerprint density at radius 1 is 1.14 bits per heavy atom. The van der Waals surface area contributed by atoms with E-state index < -0.39 is 0 Å². The van der Waals surface area contributed by atoms with Gasteiger partial charge in [-0.2, -0.15) is 0 Å². The Labute approximate surface area is 165 Å². The molecule has 1 amide bonds. The fraction of sp³-hybridized carbons (Fsp3) is 0.435. The summed E-state index contributed by atoms with van der Waals surface area (Å²) in [5.41, 5.74) is 2.25. The smallest absolute Gasteiger partial charge is 0.237 e. The van der Waals surface area contributed by atoms with Crippen LogP contribution in [0.25, 0.3) is 0 Å². The third kappa shape index (κ3) is 4.53. The van der Waals surface area contributed by atoms with E-state index in [0.29, 0.717) is 25.6 Å². The van der Waals surface area contributed by atoms with Crippen molar-refractivity contribution in [2.45, 2.75) is 38.3 Å². The summed E-state index contributed by atoms with van der Waals surface area (Å²) in [4.78, 5) is 15.1. The van der Waals surface area contributed by atoms with Crippen molar-refractivity contribution < 1.29 is 13.9 Å². The third-order valence-corrected chi connectivity index (χ3v) is 5.74. The van der Waals surface area contributed by atoms with Crippen LogP contribution in [0.1, 0.15) is 30.4 Å². The zero-order valence-corrected chi connectivity index (χ0v) is 16.1. The molecule has 2 unspecified atom stereocenters. The van der Waals surface area contributed by atoms with Crippen molar-refractivity contribution in [2.75, 3.05) is 19.7 Å². The van der Waals surface area contributed by atoms with Crippen LogP contribution in [0, 0.1) is 11.7 Å². The van der Waals surface area contributed by atoms with Crippen molar-refractivity contribution in [1.29, 1.82) is 0 Å². The van der Waals surface area contributed by atoms with Crippen molar-refractivity contribution in [3.8, 4) is 5.75 Å². The highest BCUT2D eigenvalue weighted by molar-refractivity contribution is 5.81. The third-order valence-electron chi connectivity index (χ3n) is 5.74. The molecule has 0 aliphatic carbocycles. The van der Waals surface area contributed by atoms with Gasteiger partial charge in [0.25, 0.3) is 0 Å². The normalized spacial score (nSPS) is 22.2. The highest BCUT2D eigenvalue weighted by Crippen LogP contribution is 2.26. The first-order valence-corrected chi connectivity index (χ1v) is 10.2. The molecule has 2 aliphatic rings. The summed E-state index contributed by atoms with van der Waals surface area (Å²) in [6, 6.07) is 14.6. The maximum absolute atomic E-state index is 13.2. The number of carbonyl (C=O) groups excluding carboxylic acids is 1. The predicted octanol–water partition coefficient (Wildman–Crippen LogP) is 3.55. The van der Waals surface area contributed by atoms with Crippen molar-refractivity contribution in [3.05, 3.63) is 65.5 Å². The minimum absolute atomic E-state index is 0.0978. The van der Waals surface area contributed by atoms with Crippen molar-refractivity contribution in [3.63, 3.8) is 0 Å². The molecule has 2 heterocycles. The molecule has 0 bridgehead atoms. The maximum Gasteiger partial charge on any atom is 0.237 e. The summed E-state index contributed by atoms with van der Waals surface area (Å²) in [5.74, 6) is 1.13. The molecule has 1 N–H and O–H groups in total. The number of fused-ring (bicyclic) bond motifs is 1. The lowest BCUT2D eigenvalue weighted by Crippen LogP contribution is -2.50. The van der Waals surface area contributed by atoms with Gasteiger partial charge in [0.05, 0.1) is 12.6 Å². The van der Waals surface area contributed by atoms with Gasteiger partial charge >= 0.3 is 0 Å². The molecule has 2 aliphatic heterocycles. The number of hydrogen-bond donors (Lipinski definition) is 1. The van der Waals surface area contributed by atoms with Gasteiger partial charge in [0.1, 0.15) is 11.6 Å². The predicted molar refractivity (Wildman–Crippen MR) is 107 cm³/mol. The topological polar surface area (TPSA) is 41.6 Å². The maximum atomic E-state index is 13.2. The van der Waals surface area contributed by atoms with Gasteiger partial charge in [-0.1, -0.05) is 36.8 Å². The molecule has 2 aromatic carbocycles. The highest BCUT2D eigenvalue weighted by atomic mass is 19.1. The Bertz CT molecular complexity index is 809. The monoisotopic (exact) mass is 382 g/mol. The summed E-state index contributed by atoms with van der Waals surface area (Å²) in [6.45, 7) is 2.85. The van der Waals surface area contributed by atoms with E-state index in [2.05, 4.69) is 16.3 Å². The second-order valence-electron chi connectivity index (χ2n) is 7.84. The molecule has 1 saturated heterocycles. The minimum atomic E-state index is -0.229. The number of likely N-dealkylation sites (tertiary alicyclic amines) is 1. The van der Waals surface area contributed by atoms with E-state index in [-0.39, 0.29) is 17.8 Å². The minimum Gasteiger partial charge on any atom is -0.493 e. The molecule has 2 aromatic rings. The first-order valence-electron chi connectivity index (χ1n) is 10.2. The van der Waals surface area contributed by atoms with Crippen molar-refractivity contribution >= 4 is 5.91 Å². The summed E-state index contributed by atoms with van der Waals surface area (Å²) in [6.07, 6.45) is 3.97. The van der Waals surface area contributed by atoms with Crippen molar-refractivity contribution in [1.82, 2.24) is 10.2 Å². The van der Waals surface area contributed by atoms with E-state index in [1.807, 2.05) is 18.2 Å². The molecular weight excluding hydrogens is 355 g/mol. The fourth-order valence-electron chi connectivity index (χ4n) is 4.19. The molecule has 0 saturated carbocycles. The molecule has 5 heteroatoms. The van der Waals surface area contributed by atoms with E-state index in [1.54, 1.807) is 12.1 Å². The fourth-order valence-corrected chi connectivity index (χ4v) is 4.19. The van der Waals surface area contributed by atoms with E-state index in [1.165, 1.54) is 17.7 Å². The first-order chi connectivity index (χ1) is 13.7. The molecule has 1 fully saturated rings. The SMILES string of the molecule is O=C(NCC1COc2ccccc2C1)C1CCCCN1Cc1ccc(F)cc1. The molecule has 148 valence electrons. The number of rotatable bonds is 5. The van der Waals surface area contributed by atoms with Crippen LogP contribution in [0.3, 0.4) is 0 Å². The number of hydrogen-bond acceptors (Lipinski definition) is 3. The van der Waals surface area contributed by atoms with Gasteiger partial charge in [-0.25, -0.2) is 4.39 Å². The Morgan fingerprint density at radius 2 is 1.96 bits per heavy atom. The number of amides is 1. The van der Waals surface area contributed by atoms with Gasteiger partial charge in [-0.05, 0) is 55.1 Å². The van der Waals surface area contributed by atoms with E-state index in [0.717, 1.165) is 43.5 Å². The van der Waals surface area contributed by atoms with Crippen LogP contribution in [-0.4, -0.2) is 36.5 Å². The molecule has 28 heavy (non-hydrogen) atoms. The number of halogens is 1. The van der Waals surface area contributed by atoms with Crippen LogP contribution < -0.4 is 10.1 Å². The molecule has 0 spiro atoms. The van der Waals surface area contributed by atoms with E-state index >= 15 is 0 Å². The van der Waals surface area contributed by atoms with Gasteiger partial charge < -0.3 is 10.1 Å². The van der Waals surface area contributed by atoms with E-state index in [4.69, 9.17) is 4.74 Å². The quantitative estimate of drug-likeness (QED) is 0.860. The second kappa shape index (κ2) is 8.74. The average molecular weight is 382 g/mol. The Hall–Kier alpha value is -2.40. The summed E-state index contributed by atoms with van der Waals surface area (Å²) in [7, 11) is 0. The van der Waals surface area contributed by atoms with Gasteiger partial charge in [-0.15, -0.1) is 0 Å². The lowest BCUT2D eigenvalue weighted by atomic mass is 9.96. The van der Waals surface area contributed by atoms with Crippen LogP contribution in [-0.2, 0) is 17.8 Å². The first kappa shape index (κ1) is 18.9. The summed E-state index contributed by atoms with van der Waals surface area (Å²) < 4.78 is 19.0. The number of carbonyl (C=O) groups is 1. The van der Waals surface area contributed by atoms with Crippen molar-refractivity contribution in [2.24, 2.45) is 5.92 Å². The van der Waals surface area contributed by atoms with Crippen LogP contribution in [0.15, 0.2) is 48.5 Å². The zero-order chi connectivity index (χ0) is 19.3. The number of piperidine rings is 1. The Kier molecular flexibility index (Phi) is 5.91. The number of nitrogens with zero attached hydrogens (tertiary/aromatic N) is 1. The van der Waals surface area contributed by atoms with Crippen LogP contribution in [0.5, 0.6) is 5.75 Å². The molecule has 4 rings (SSSR count). The van der Waals surface area contributed by atoms with E-state index in [9.17, 15) is 9.18 Å². The number of nitrogens with one attached hydrogen (secondary N) is 1. The lowest BCUT2D eigenvalue weighted by molar-refractivity contribution is -0.128. The lowest BCUT2D eigenvalue weighted by Gasteiger charge is -2.35.